The topological polar surface area (TPSA) is 62.5 Å². The largest absolute Gasteiger partial charge is 0.475 e. The molecule has 0 radical (unpaired) electrons. The number of furan rings is 1. The number of hydrogen-bond acceptors (Lipinski definition) is 3. The van der Waals surface area contributed by atoms with Crippen molar-refractivity contribution < 1.29 is 14.3 Å². The molecule has 0 amide bonds. The molecule has 0 bridgehead atoms. The summed E-state index contributed by atoms with van der Waals surface area (Å²) in [6.45, 7) is 4.44. The first-order valence-electron chi connectivity index (χ1n) is 5.59. The van der Waals surface area contributed by atoms with Crippen molar-refractivity contribution in [3.63, 3.8) is 0 Å². The van der Waals surface area contributed by atoms with Crippen molar-refractivity contribution in [3.8, 4) is 0 Å². The SMILES string of the molecule is CC1(C)CCCC1Nc1ccc(C(=O)O)o1. The summed E-state index contributed by atoms with van der Waals surface area (Å²) in [5.74, 6) is -0.491. The maximum Gasteiger partial charge on any atom is 0.371 e. The minimum atomic E-state index is -1.03. The Morgan fingerprint density at radius 1 is 1.56 bits per heavy atom. The predicted octanol–water partition coefficient (Wildman–Crippen LogP) is 2.97. The van der Waals surface area contributed by atoms with Crippen LogP contribution < -0.4 is 5.32 Å². The van der Waals surface area contributed by atoms with Crippen molar-refractivity contribution in [1.29, 1.82) is 0 Å². The molecule has 1 heterocycles. The monoisotopic (exact) mass is 223 g/mol. The summed E-state index contributed by atoms with van der Waals surface area (Å²) in [6, 6.07) is 3.52. The zero-order chi connectivity index (χ0) is 11.8. The fourth-order valence-electron chi connectivity index (χ4n) is 2.30. The molecule has 1 aromatic rings. The second-order valence-corrected chi connectivity index (χ2v) is 5.05. The van der Waals surface area contributed by atoms with Gasteiger partial charge in [-0.15, -0.1) is 0 Å². The van der Waals surface area contributed by atoms with Gasteiger partial charge in [0.2, 0.25) is 5.76 Å². The molecule has 1 aromatic heterocycles. The molecule has 2 rings (SSSR count). The van der Waals surface area contributed by atoms with Gasteiger partial charge in [-0.05, 0) is 24.3 Å². The molecule has 1 unspecified atom stereocenters. The zero-order valence-electron chi connectivity index (χ0n) is 9.62. The molecule has 4 heteroatoms. The Labute approximate surface area is 94.6 Å². The van der Waals surface area contributed by atoms with E-state index in [1.165, 1.54) is 18.9 Å². The third kappa shape index (κ3) is 2.05. The molecule has 1 saturated carbocycles. The Kier molecular flexibility index (Phi) is 2.66. The molecule has 1 atom stereocenters. The lowest BCUT2D eigenvalue weighted by molar-refractivity contribution is 0.0663. The fraction of sp³-hybridized carbons (Fsp3) is 0.583. The summed E-state index contributed by atoms with van der Waals surface area (Å²) >= 11 is 0. The molecule has 16 heavy (non-hydrogen) atoms. The van der Waals surface area contributed by atoms with Crippen LogP contribution in [0, 0.1) is 5.41 Å². The second kappa shape index (κ2) is 3.85. The van der Waals surface area contributed by atoms with Gasteiger partial charge < -0.3 is 14.8 Å². The first kappa shape index (κ1) is 11.0. The molecule has 0 spiro atoms. The Morgan fingerprint density at radius 2 is 2.31 bits per heavy atom. The third-order valence-corrected chi connectivity index (χ3v) is 3.39. The van der Waals surface area contributed by atoms with Gasteiger partial charge in [-0.1, -0.05) is 20.3 Å². The Morgan fingerprint density at radius 3 is 2.81 bits per heavy atom. The van der Waals surface area contributed by atoms with E-state index in [9.17, 15) is 4.79 Å². The van der Waals surface area contributed by atoms with E-state index in [0.717, 1.165) is 6.42 Å². The molecule has 88 valence electrons. The van der Waals surface area contributed by atoms with Crippen molar-refractivity contribution in [1.82, 2.24) is 0 Å². The molecule has 1 aliphatic rings. The van der Waals surface area contributed by atoms with Crippen LogP contribution in [0.1, 0.15) is 43.7 Å². The Bertz CT molecular complexity index is 395. The van der Waals surface area contributed by atoms with Gasteiger partial charge in [0.25, 0.3) is 0 Å². The Balaban J connectivity index is 2.06. The second-order valence-electron chi connectivity index (χ2n) is 5.05. The number of carboxylic acids is 1. The molecular weight excluding hydrogens is 206 g/mol. The molecular formula is C12H17NO3. The minimum Gasteiger partial charge on any atom is -0.475 e. The summed E-state index contributed by atoms with van der Waals surface area (Å²) in [7, 11) is 0. The van der Waals surface area contributed by atoms with E-state index >= 15 is 0 Å². The van der Waals surface area contributed by atoms with E-state index in [1.54, 1.807) is 6.07 Å². The van der Waals surface area contributed by atoms with Gasteiger partial charge in [0.1, 0.15) is 0 Å². The van der Waals surface area contributed by atoms with Crippen LogP contribution in [0.15, 0.2) is 16.5 Å². The molecule has 2 N–H and O–H groups in total. The van der Waals surface area contributed by atoms with Crippen LogP contribution in [-0.4, -0.2) is 17.1 Å². The lowest BCUT2D eigenvalue weighted by atomic mass is 9.87. The number of nitrogens with one attached hydrogen (secondary N) is 1. The number of anilines is 1. The van der Waals surface area contributed by atoms with Gasteiger partial charge in [-0.3, -0.25) is 0 Å². The molecule has 0 aromatic carbocycles. The highest BCUT2D eigenvalue weighted by molar-refractivity contribution is 5.84. The number of rotatable bonds is 3. The average Bonchev–Trinajstić information content (AvgIpc) is 2.75. The average molecular weight is 223 g/mol. The summed E-state index contributed by atoms with van der Waals surface area (Å²) in [5.41, 5.74) is 0.246. The van der Waals surface area contributed by atoms with Crippen molar-refractivity contribution in [2.24, 2.45) is 5.41 Å². The van der Waals surface area contributed by atoms with E-state index in [4.69, 9.17) is 9.52 Å². The number of aromatic carboxylic acids is 1. The molecule has 4 nitrogen and oxygen atoms in total. The number of hydrogen-bond donors (Lipinski definition) is 2. The van der Waals surface area contributed by atoms with Gasteiger partial charge in [-0.25, -0.2) is 4.79 Å². The van der Waals surface area contributed by atoms with E-state index in [1.807, 2.05) is 0 Å². The standard InChI is InChI=1S/C12H17NO3/c1-12(2)7-3-4-9(12)13-10-6-5-8(16-10)11(14)15/h5-6,9,13H,3-4,7H2,1-2H3,(H,14,15). The lowest BCUT2D eigenvalue weighted by Gasteiger charge is -2.27. The van der Waals surface area contributed by atoms with E-state index in [2.05, 4.69) is 19.2 Å². The molecule has 0 aliphatic heterocycles. The molecule has 1 fully saturated rings. The fourth-order valence-corrected chi connectivity index (χ4v) is 2.30. The predicted molar refractivity (Wildman–Crippen MR) is 60.7 cm³/mol. The summed E-state index contributed by atoms with van der Waals surface area (Å²) in [5, 5.41) is 12.0. The van der Waals surface area contributed by atoms with Crippen LogP contribution in [0.4, 0.5) is 5.88 Å². The Hall–Kier alpha value is -1.45. The molecule has 0 saturated heterocycles. The van der Waals surface area contributed by atoms with Gasteiger partial charge >= 0.3 is 5.97 Å². The summed E-state index contributed by atoms with van der Waals surface area (Å²) < 4.78 is 5.19. The maximum absolute atomic E-state index is 10.7. The van der Waals surface area contributed by atoms with Crippen LogP contribution in [-0.2, 0) is 0 Å². The lowest BCUT2D eigenvalue weighted by Crippen LogP contribution is -2.30. The first-order chi connectivity index (χ1) is 7.49. The van der Waals surface area contributed by atoms with Gasteiger partial charge in [0.15, 0.2) is 5.88 Å². The normalized spacial score (nSPS) is 23.2. The van der Waals surface area contributed by atoms with Crippen molar-refractivity contribution in [2.75, 3.05) is 5.32 Å². The van der Waals surface area contributed by atoms with E-state index in [-0.39, 0.29) is 11.2 Å². The van der Waals surface area contributed by atoms with Gasteiger partial charge in [-0.2, -0.15) is 0 Å². The maximum atomic E-state index is 10.7. The van der Waals surface area contributed by atoms with Crippen LogP contribution in [0.2, 0.25) is 0 Å². The van der Waals surface area contributed by atoms with E-state index in [0.29, 0.717) is 11.9 Å². The number of carbonyl (C=O) groups is 1. The highest BCUT2D eigenvalue weighted by atomic mass is 16.4. The van der Waals surface area contributed by atoms with Crippen LogP contribution in [0.5, 0.6) is 0 Å². The minimum absolute atomic E-state index is 0.0155. The van der Waals surface area contributed by atoms with Crippen molar-refractivity contribution in [3.05, 3.63) is 17.9 Å². The smallest absolute Gasteiger partial charge is 0.371 e. The van der Waals surface area contributed by atoms with Gasteiger partial charge in [0.05, 0.1) is 0 Å². The third-order valence-electron chi connectivity index (χ3n) is 3.39. The first-order valence-corrected chi connectivity index (χ1v) is 5.59. The van der Waals surface area contributed by atoms with Crippen molar-refractivity contribution in [2.45, 2.75) is 39.2 Å². The van der Waals surface area contributed by atoms with E-state index < -0.39 is 5.97 Å². The highest BCUT2D eigenvalue weighted by Gasteiger charge is 2.34. The zero-order valence-corrected chi connectivity index (χ0v) is 9.62. The number of carboxylic acid groups (broad SMARTS) is 1. The highest BCUT2D eigenvalue weighted by Crippen LogP contribution is 2.39. The summed E-state index contributed by atoms with van der Waals surface area (Å²) in [4.78, 5) is 10.7. The molecule has 1 aliphatic carbocycles. The quantitative estimate of drug-likeness (QED) is 0.826. The van der Waals surface area contributed by atoms with Gasteiger partial charge in [0, 0.05) is 12.1 Å². The van der Waals surface area contributed by atoms with Crippen LogP contribution in [0.25, 0.3) is 0 Å². The van der Waals surface area contributed by atoms with Crippen molar-refractivity contribution >= 4 is 11.9 Å². The summed E-state index contributed by atoms with van der Waals surface area (Å²) in [6.07, 6.45) is 3.50. The van der Waals surface area contributed by atoms with Crippen LogP contribution >= 0.6 is 0 Å². The van der Waals surface area contributed by atoms with Crippen LogP contribution in [0.3, 0.4) is 0 Å².